The fourth-order valence-electron chi connectivity index (χ4n) is 1.25. The number of aliphatic hydroxyl groups is 1. The predicted octanol–water partition coefficient (Wildman–Crippen LogP) is 0.790. The molecular formula is C11H25NO3. The van der Waals surface area contributed by atoms with Gasteiger partial charge >= 0.3 is 0 Å². The van der Waals surface area contributed by atoms with E-state index in [2.05, 4.69) is 5.32 Å². The Hall–Kier alpha value is -0.160. The van der Waals surface area contributed by atoms with Crippen LogP contribution >= 0.6 is 0 Å². The molecule has 0 radical (unpaired) electrons. The van der Waals surface area contributed by atoms with Crippen molar-refractivity contribution in [1.82, 2.24) is 5.32 Å². The van der Waals surface area contributed by atoms with Crippen molar-refractivity contribution in [3.8, 4) is 0 Å². The van der Waals surface area contributed by atoms with E-state index in [4.69, 9.17) is 9.47 Å². The molecule has 1 unspecified atom stereocenters. The summed E-state index contributed by atoms with van der Waals surface area (Å²) in [5.74, 6) is 0. The van der Waals surface area contributed by atoms with Crippen molar-refractivity contribution >= 4 is 0 Å². The highest BCUT2D eigenvalue weighted by atomic mass is 16.5. The maximum absolute atomic E-state index is 9.41. The molecule has 0 aromatic carbocycles. The van der Waals surface area contributed by atoms with Gasteiger partial charge in [-0.15, -0.1) is 0 Å². The fraction of sp³-hybridized carbons (Fsp3) is 1.00. The largest absolute Gasteiger partial charge is 0.389 e. The summed E-state index contributed by atoms with van der Waals surface area (Å²) in [6.45, 7) is 5.42. The van der Waals surface area contributed by atoms with E-state index in [-0.39, 0.29) is 6.10 Å². The molecule has 0 saturated heterocycles. The van der Waals surface area contributed by atoms with E-state index in [9.17, 15) is 5.11 Å². The Morgan fingerprint density at radius 3 is 2.73 bits per heavy atom. The van der Waals surface area contributed by atoms with Crippen LogP contribution in [-0.4, -0.2) is 51.2 Å². The molecule has 0 heterocycles. The van der Waals surface area contributed by atoms with Gasteiger partial charge in [0.05, 0.1) is 12.7 Å². The molecule has 0 saturated carbocycles. The zero-order valence-electron chi connectivity index (χ0n) is 10.00. The molecule has 92 valence electrons. The highest BCUT2D eigenvalue weighted by Crippen LogP contribution is 1.93. The molecule has 0 spiro atoms. The molecule has 0 amide bonds. The number of methoxy groups -OCH3 is 1. The number of nitrogens with one attached hydrogen (secondary N) is 1. The van der Waals surface area contributed by atoms with E-state index < -0.39 is 0 Å². The Bertz CT molecular complexity index is 122. The Kier molecular flexibility index (Phi) is 11.8. The van der Waals surface area contributed by atoms with Crippen LogP contribution in [-0.2, 0) is 9.47 Å². The van der Waals surface area contributed by atoms with Crippen molar-refractivity contribution in [2.75, 3.05) is 40.0 Å². The van der Waals surface area contributed by atoms with Crippen molar-refractivity contribution < 1.29 is 14.6 Å². The zero-order chi connectivity index (χ0) is 11.4. The van der Waals surface area contributed by atoms with E-state index in [1.54, 1.807) is 7.11 Å². The molecule has 4 heteroatoms. The lowest BCUT2D eigenvalue weighted by Gasteiger charge is -2.11. The van der Waals surface area contributed by atoms with Crippen LogP contribution in [0.25, 0.3) is 0 Å². The van der Waals surface area contributed by atoms with Crippen LogP contribution in [0, 0.1) is 0 Å². The first-order chi connectivity index (χ1) is 7.31. The molecule has 0 aromatic heterocycles. The summed E-state index contributed by atoms with van der Waals surface area (Å²) in [7, 11) is 1.72. The molecule has 0 aliphatic heterocycles. The molecule has 0 aliphatic rings. The second-order valence-corrected chi connectivity index (χ2v) is 3.57. The summed E-state index contributed by atoms with van der Waals surface area (Å²) in [5, 5.41) is 12.6. The average molecular weight is 219 g/mol. The van der Waals surface area contributed by atoms with Crippen molar-refractivity contribution in [1.29, 1.82) is 0 Å². The molecule has 2 N–H and O–H groups in total. The van der Waals surface area contributed by atoms with Gasteiger partial charge in [-0.1, -0.05) is 0 Å². The van der Waals surface area contributed by atoms with E-state index in [1.807, 2.05) is 6.92 Å². The standard InChI is InChI=1S/C11H25NO3/c1-3-15-10-11(13)9-12-7-5-4-6-8-14-2/h11-13H,3-10H2,1-2H3. The van der Waals surface area contributed by atoms with Gasteiger partial charge in [0.15, 0.2) is 0 Å². The lowest BCUT2D eigenvalue weighted by molar-refractivity contribution is 0.0429. The lowest BCUT2D eigenvalue weighted by Crippen LogP contribution is -2.31. The molecule has 0 rings (SSSR count). The van der Waals surface area contributed by atoms with Crippen molar-refractivity contribution in [2.24, 2.45) is 0 Å². The van der Waals surface area contributed by atoms with Crippen molar-refractivity contribution in [3.63, 3.8) is 0 Å². The molecule has 0 aromatic rings. The van der Waals surface area contributed by atoms with Crippen molar-refractivity contribution in [3.05, 3.63) is 0 Å². The van der Waals surface area contributed by atoms with Gasteiger partial charge in [-0.3, -0.25) is 0 Å². The third kappa shape index (κ3) is 11.8. The number of unbranched alkanes of at least 4 members (excludes halogenated alkanes) is 2. The third-order valence-electron chi connectivity index (χ3n) is 2.10. The zero-order valence-corrected chi connectivity index (χ0v) is 10.00. The fourth-order valence-corrected chi connectivity index (χ4v) is 1.25. The van der Waals surface area contributed by atoms with E-state index in [0.29, 0.717) is 19.8 Å². The van der Waals surface area contributed by atoms with Crippen LogP contribution in [0.2, 0.25) is 0 Å². The topological polar surface area (TPSA) is 50.7 Å². The first-order valence-corrected chi connectivity index (χ1v) is 5.76. The van der Waals surface area contributed by atoms with E-state index in [0.717, 1.165) is 26.0 Å². The molecule has 4 nitrogen and oxygen atoms in total. The van der Waals surface area contributed by atoms with Crippen LogP contribution in [0.5, 0.6) is 0 Å². The van der Waals surface area contributed by atoms with Gasteiger partial charge in [0.25, 0.3) is 0 Å². The van der Waals surface area contributed by atoms with E-state index in [1.165, 1.54) is 6.42 Å². The third-order valence-corrected chi connectivity index (χ3v) is 2.10. The van der Waals surface area contributed by atoms with Gasteiger partial charge in [-0.05, 0) is 32.7 Å². The normalized spacial score (nSPS) is 13.0. The molecule has 1 atom stereocenters. The van der Waals surface area contributed by atoms with Gasteiger partial charge in [0.1, 0.15) is 0 Å². The van der Waals surface area contributed by atoms with Gasteiger partial charge in [0, 0.05) is 26.9 Å². The quantitative estimate of drug-likeness (QED) is 0.504. The van der Waals surface area contributed by atoms with Crippen LogP contribution in [0.4, 0.5) is 0 Å². The summed E-state index contributed by atoms with van der Waals surface area (Å²) < 4.78 is 10.1. The minimum Gasteiger partial charge on any atom is -0.389 e. The summed E-state index contributed by atoms with van der Waals surface area (Å²) in [4.78, 5) is 0. The first kappa shape index (κ1) is 14.8. The highest BCUT2D eigenvalue weighted by molar-refractivity contribution is 4.58. The first-order valence-electron chi connectivity index (χ1n) is 5.76. The Morgan fingerprint density at radius 2 is 2.07 bits per heavy atom. The highest BCUT2D eigenvalue weighted by Gasteiger charge is 2.01. The maximum Gasteiger partial charge on any atom is 0.0897 e. The minimum absolute atomic E-state index is 0.385. The van der Waals surface area contributed by atoms with E-state index >= 15 is 0 Å². The summed E-state index contributed by atoms with van der Waals surface area (Å²) in [5.41, 5.74) is 0. The molecular weight excluding hydrogens is 194 g/mol. The second-order valence-electron chi connectivity index (χ2n) is 3.57. The van der Waals surface area contributed by atoms with Gasteiger partial charge in [0.2, 0.25) is 0 Å². The van der Waals surface area contributed by atoms with Gasteiger partial charge in [-0.25, -0.2) is 0 Å². The maximum atomic E-state index is 9.41. The number of aliphatic hydroxyl groups excluding tert-OH is 1. The second kappa shape index (κ2) is 11.9. The van der Waals surface area contributed by atoms with Crippen LogP contribution in [0.3, 0.4) is 0 Å². The van der Waals surface area contributed by atoms with Crippen LogP contribution < -0.4 is 5.32 Å². The number of hydrogen-bond acceptors (Lipinski definition) is 4. The molecule has 0 aliphatic carbocycles. The van der Waals surface area contributed by atoms with Crippen molar-refractivity contribution in [2.45, 2.75) is 32.3 Å². The Morgan fingerprint density at radius 1 is 1.27 bits per heavy atom. The summed E-state index contributed by atoms with van der Waals surface area (Å²) in [6.07, 6.45) is 3.02. The summed E-state index contributed by atoms with van der Waals surface area (Å²) in [6, 6.07) is 0. The molecule has 15 heavy (non-hydrogen) atoms. The SMILES string of the molecule is CCOCC(O)CNCCCCCOC. The summed E-state index contributed by atoms with van der Waals surface area (Å²) >= 11 is 0. The number of hydrogen-bond donors (Lipinski definition) is 2. The molecule has 0 bridgehead atoms. The number of ether oxygens (including phenoxy) is 2. The Balaban J connectivity index is 3.02. The monoisotopic (exact) mass is 219 g/mol. The Labute approximate surface area is 93.0 Å². The van der Waals surface area contributed by atoms with Crippen LogP contribution in [0.15, 0.2) is 0 Å². The lowest BCUT2D eigenvalue weighted by atomic mass is 10.2. The van der Waals surface area contributed by atoms with Gasteiger partial charge in [-0.2, -0.15) is 0 Å². The average Bonchev–Trinajstić information content (AvgIpc) is 2.25. The number of rotatable bonds is 11. The van der Waals surface area contributed by atoms with Crippen LogP contribution in [0.1, 0.15) is 26.2 Å². The smallest absolute Gasteiger partial charge is 0.0897 e. The predicted molar refractivity (Wildman–Crippen MR) is 61.1 cm³/mol. The minimum atomic E-state index is -0.385. The molecule has 0 fully saturated rings. The van der Waals surface area contributed by atoms with Gasteiger partial charge < -0.3 is 19.9 Å².